The van der Waals surface area contributed by atoms with E-state index in [2.05, 4.69) is 0 Å². The maximum absolute atomic E-state index is 12.4. The van der Waals surface area contributed by atoms with Crippen LogP contribution in [0.2, 0.25) is 0 Å². The first-order valence-corrected chi connectivity index (χ1v) is 5.04. The van der Waals surface area contributed by atoms with Gasteiger partial charge in [0.25, 0.3) is 0 Å². The third kappa shape index (κ3) is 4.83. The SMILES string of the molecule is COc1cc(C(F)(F)F)ccc1[C@@H](N)CC(F)F.Cl. The monoisotopic (exact) mass is 305 g/mol. The largest absolute Gasteiger partial charge is 0.496 e. The Balaban J connectivity index is 0.00000324. The summed E-state index contributed by atoms with van der Waals surface area (Å²) in [4.78, 5) is 0. The Labute approximate surface area is 113 Å². The van der Waals surface area contributed by atoms with Crippen molar-refractivity contribution in [3.05, 3.63) is 29.3 Å². The highest BCUT2D eigenvalue weighted by Gasteiger charge is 2.31. The van der Waals surface area contributed by atoms with E-state index in [1.165, 1.54) is 0 Å². The maximum Gasteiger partial charge on any atom is 0.416 e. The Hall–Kier alpha value is -1.08. The molecule has 0 aliphatic rings. The van der Waals surface area contributed by atoms with Gasteiger partial charge in [-0.1, -0.05) is 6.07 Å². The first-order chi connectivity index (χ1) is 8.25. The molecule has 2 N–H and O–H groups in total. The molecule has 0 amide bonds. The number of nitrogens with two attached hydrogens (primary N) is 1. The van der Waals surface area contributed by atoms with Gasteiger partial charge in [-0.25, -0.2) is 8.78 Å². The molecule has 0 heterocycles. The second-order valence-electron chi connectivity index (χ2n) is 3.69. The number of ether oxygens (including phenoxy) is 1. The van der Waals surface area contributed by atoms with E-state index in [1.54, 1.807) is 0 Å². The van der Waals surface area contributed by atoms with Gasteiger partial charge in [0.05, 0.1) is 12.7 Å². The standard InChI is InChI=1S/C11H12F5NO.ClH/c1-18-9-4-6(11(14,15)16)2-3-7(9)8(17)5-10(12)13;/h2-4,8,10H,5,17H2,1H3;1H/t8-;/m0./s1. The zero-order chi connectivity index (χ0) is 13.9. The van der Waals surface area contributed by atoms with Crippen molar-refractivity contribution in [1.82, 2.24) is 0 Å². The summed E-state index contributed by atoms with van der Waals surface area (Å²) in [6.07, 6.45) is -7.78. The molecule has 8 heteroatoms. The second kappa shape index (κ2) is 6.91. The minimum Gasteiger partial charge on any atom is -0.496 e. The van der Waals surface area contributed by atoms with Crippen LogP contribution in [0, 0.1) is 0 Å². The van der Waals surface area contributed by atoms with Gasteiger partial charge in [-0.15, -0.1) is 12.4 Å². The topological polar surface area (TPSA) is 35.2 Å². The number of rotatable bonds is 4. The summed E-state index contributed by atoms with van der Waals surface area (Å²) in [7, 11) is 1.16. The molecule has 110 valence electrons. The first kappa shape index (κ1) is 17.9. The van der Waals surface area contributed by atoms with Crippen LogP contribution in [0.5, 0.6) is 5.75 Å². The molecule has 0 aliphatic carbocycles. The minimum absolute atomic E-state index is 0. The number of hydrogen-bond donors (Lipinski definition) is 1. The van der Waals surface area contributed by atoms with Gasteiger partial charge in [0, 0.05) is 18.0 Å². The van der Waals surface area contributed by atoms with Crippen LogP contribution in [0.4, 0.5) is 22.0 Å². The molecule has 1 aromatic carbocycles. The third-order valence-corrected chi connectivity index (χ3v) is 2.39. The van der Waals surface area contributed by atoms with E-state index in [1.807, 2.05) is 0 Å². The first-order valence-electron chi connectivity index (χ1n) is 5.04. The average molecular weight is 306 g/mol. The van der Waals surface area contributed by atoms with Crippen molar-refractivity contribution in [2.75, 3.05) is 7.11 Å². The van der Waals surface area contributed by atoms with Crippen molar-refractivity contribution in [2.24, 2.45) is 5.73 Å². The van der Waals surface area contributed by atoms with Crippen molar-refractivity contribution in [3.8, 4) is 5.75 Å². The van der Waals surface area contributed by atoms with Crippen LogP contribution >= 0.6 is 12.4 Å². The zero-order valence-corrected chi connectivity index (χ0v) is 10.7. The third-order valence-electron chi connectivity index (χ3n) is 2.39. The molecule has 0 saturated heterocycles. The van der Waals surface area contributed by atoms with E-state index < -0.39 is 30.6 Å². The Bertz CT molecular complexity index is 411. The van der Waals surface area contributed by atoms with Crippen LogP contribution in [0.1, 0.15) is 23.6 Å². The van der Waals surface area contributed by atoms with Crippen LogP contribution in [0.15, 0.2) is 18.2 Å². The van der Waals surface area contributed by atoms with Crippen molar-refractivity contribution < 1.29 is 26.7 Å². The predicted molar refractivity (Wildman–Crippen MR) is 62.8 cm³/mol. The summed E-state index contributed by atoms with van der Waals surface area (Å²) in [6.45, 7) is 0. The summed E-state index contributed by atoms with van der Waals surface area (Å²) in [5.41, 5.74) is 4.71. The van der Waals surface area contributed by atoms with Crippen LogP contribution in [-0.2, 0) is 6.18 Å². The van der Waals surface area contributed by atoms with E-state index in [0.717, 1.165) is 25.3 Å². The van der Waals surface area contributed by atoms with Crippen molar-refractivity contribution in [2.45, 2.75) is 25.1 Å². The van der Waals surface area contributed by atoms with Crippen LogP contribution < -0.4 is 10.5 Å². The fourth-order valence-corrected chi connectivity index (χ4v) is 1.51. The van der Waals surface area contributed by atoms with Gasteiger partial charge >= 0.3 is 6.18 Å². The van der Waals surface area contributed by atoms with E-state index in [0.29, 0.717) is 0 Å². The molecule has 0 radical (unpaired) electrons. The normalized spacial score (nSPS) is 13.1. The predicted octanol–water partition coefficient (Wildman–Crippen LogP) is 3.79. The Morgan fingerprint density at radius 1 is 1.26 bits per heavy atom. The Morgan fingerprint density at radius 3 is 2.26 bits per heavy atom. The van der Waals surface area contributed by atoms with Gasteiger partial charge in [0.1, 0.15) is 5.75 Å². The molecule has 1 aromatic rings. The second-order valence-corrected chi connectivity index (χ2v) is 3.69. The summed E-state index contributed by atoms with van der Waals surface area (Å²) in [5, 5.41) is 0. The molecule has 2 nitrogen and oxygen atoms in total. The van der Waals surface area contributed by atoms with E-state index in [4.69, 9.17) is 10.5 Å². The highest BCUT2D eigenvalue weighted by atomic mass is 35.5. The molecule has 0 spiro atoms. The van der Waals surface area contributed by atoms with Crippen LogP contribution in [0.25, 0.3) is 0 Å². The van der Waals surface area contributed by atoms with Gasteiger partial charge in [0.15, 0.2) is 0 Å². The molecule has 0 unspecified atom stereocenters. The summed E-state index contributed by atoms with van der Waals surface area (Å²) in [6, 6.07) is 1.54. The Morgan fingerprint density at radius 2 is 1.84 bits per heavy atom. The lowest BCUT2D eigenvalue weighted by Gasteiger charge is -2.17. The van der Waals surface area contributed by atoms with Gasteiger partial charge in [-0.05, 0) is 12.1 Å². The number of benzene rings is 1. The zero-order valence-electron chi connectivity index (χ0n) is 9.88. The number of hydrogen-bond acceptors (Lipinski definition) is 2. The Kier molecular flexibility index (Phi) is 6.51. The van der Waals surface area contributed by atoms with E-state index >= 15 is 0 Å². The lowest BCUT2D eigenvalue weighted by molar-refractivity contribution is -0.137. The highest BCUT2D eigenvalue weighted by molar-refractivity contribution is 5.85. The quantitative estimate of drug-likeness (QED) is 0.859. The molecule has 0 aliphatic heterocycles. The molecule has 0 bridgehead atoms. The molecular formula is C11H13ClF5NO. The average Bonchev–Trinajstić information content (AvgIpc) is 2.26. The molecule has 19 heavy (non-hydrogen) atoms. The smallest absolute Gasteiger partial charge is 0.416 e. The van der Waals surface area contributed by atoms with Crippen molar-refractivity contribution in [1.29, 1.82) is 0 Å². The van der Waals surface area contributed by atoms with Crippen LogP contribution in [-0.4, -0.2) is 13.5 Å². The molecular weight excluding hydrogens is 293 g/mol. The van der Waals surface area contributed by atoms with Crippen molar-refractivity contribution in [3.63, 3.8) is 0 Å². The lowest BCUT2D eigenvalue weighted by atomic mass is 10.0. The lowest BCUT2D eigenvalue weighted by Crippen LogP contribution is -2.16. The molecule has 1 atom stereocenters. The van der Waals surface area contributed by atoms with Gasteiger partial charge in [-0.2, -0.15) is 13.2 Å². The summed E-state index contributed by atoms with van der Waals surface area (Å²) < 4.78 is 66.4. The molecule has 1 rings (SSSR count). The van der Waals surface area contributed by atoms with Crippen LogP contribution in [0.3, 0.4) is 0 Å². The van der Waals surface area contributed by atoms with E-state index in [9.17, 15) is 22.0 Å². The number of methoxy groups -OCH3 is 1. The van der Waals surface area contributed by atoms with Gasteiger partial charge in [-0.3, -0.25) is 0 Å². The summed E-state index contributed by atoms with van der Waals surface area (Å²) >= 11 is 0. The fourth-order valence-electron chi connectivity index (χ4n) is 1.51. The molecule has 0 aromatic heterocycles. The number of halogens is 6. The van der Waals surface area contributed by atoms with Gasteiger partial charge in [0.2, 0.25) is 6.43 Å². The number of alkyl halides is 5. The highest BCUT2D eigenvalue weighted by Crippen LogP contribution is 2.35. The molecule has 0 fully saturated rings. The fraction of sp³-hybridized carbons (Fsp3) is 0.455. The molecule has 0 saturated carbocycles. The summed E-state index contributed by atoms with van der Waals surface area (Å²) in [5.74, 6) is -0.141. The minimum atomic E-state index is -4.52. The van der Waals surface area contributed by atoms with Crippen molar-refractivity contribution >= 4 is 12.4 Å². The maximum atomic E-state index is 12.4. The van der Waals surface area contributed by atoms with E-state index in [-0.39, 0.29) is 23.7 Å². The van der Waals surface area contributed by atoms with Gasteiger partial charge < -0.3 is 10.5 Å².